The quantitative estimate of drug-likeness (QED) is 0.648. The van der Waals surface area contributed by atoms with Gasteiger partial charge >= 0.3 is 0 Å². The Kier molecular flexibility index (Phi) is 5.97. The van der Waals surface area contributed by atoms with Crippen LogP contribution in [0.3, 0.4) is 0 Å². The maximum atomic E-state index is 12.5. The summed E-state index contributed by atoms with van der Waals surface area (Å²) in [5.41, 5.74) is 1.46. The van der Waals surface area contributed by atoms with Crippen LogP contribution in [0.4, 0.5) is 0 Å². The lowest BCUT2D eigenvalue weighted by Gasteiger charge is -2.18. The van der Waals surface area contributed by atoms with Gasteiger partial charge in [-0.25, -0.2) is 4.98 Å². The maximum Gasteiger partial charge on any atom is 0.261 e. The standard InChI is InChI=1S/C19H23N5O3/c1-23-17(9-10-21-23)16(12-27-2)22-18(25)8-5-11-24-13-20-15-7-4-3-6-14(15)19(24)26/h3-4,6-7,9-10,13,16H,5,8,11-12H2,1-2H3,(H,22,25)/t16-/m1/s1. The molecule has 0 aliphatic carbocycles. The highest BCUT2D eigenvalue weighted by molar-refractivity contribution is 5.77. The minimum absolute atomic E-state index is 0.0897. The molecule has 3 rings (SSSR count). The Morgan fingerprint density at radius 3 is 2.85 bits per heavy atom. The van der Waals surface area contributed by atoms with Gasteiger partial charge in [0.2, 0.25) is 5.91 Å². The first-order chi connectivity index (χ1) is 13.1. The van der Waals surface area contributed by atoms with E-state index in [1.807, 2.05) is 31.3 Å². The van der Waals surface area contributed by atoms with E-state index in [4.69, 9.17) is 4.74 Å². The van der Waals surface area contributed by atoms with E-state index in [0.29, 0.717) is 36.9 Å². The summed E-state index contributed by atoms with van der Waals surface area (Å²) in [6.45, 7) is 0.796. The second-order valence-electron chi connectivity index (χ2n) is 6.32. The van der Waals surface area contributed by atoms with Crippen molar-refractivity contribution >= 4 is 16.8 Å². The van der Waals surface area contributed by atoms with Crippen molar-refractivity contribution in [1.82, 2.24) is 24.6 Å². The van der Waals surface area contributed by atoms with Crippen LogP contribution in [0.25, 0.3) is 10.9 Å². The molecule has 1 atom stereocenters. The topological polar surface area (TPSA) is 91.0 Å². The van der Waals surface area contributed by atoms with Crippen LogP contribution in [0.2, 0.25) is 0 Å². The van der Waals surface area contributed by atoms with Crippen molar-refractivity contribution in [2.45, 2.75) is 25.4 Å². The minimum atomic E-state index is -0.264. The normalized spacial score (nSPS) is 12.2. The Labute approximate surface area is 156 Å². The van der Waals surface area contributed by atoms with Crippen molar-refractivity contribution in [2.75, 3.05) is 13.7 Å². The Hall–Kier alpha value is -3.00. The fourth-order valence-electron chi connectivity index (χ4n) is 3.04. The number of hydrogen-bond donors (Lipinski definition) is 1. The number of benzene rings is 1. The SMILES string of the molecule is COC[C@@H](NC(=O)CCCn1cnc2ccccc2c1=O)c1ccnn1C. The lowest BCUT2D eigenvalue weighted by molar-refractivity contribution is -0.122. The fraction of sp³-hybridized carbons (Fsp3) is 0.368. The lowest BCUT2D eigenvalue weighted by Crippen LogP contribution is -2.32. The van der Waals surface area contributed by atoms with Gasteiger partial charge in [0, 0.05) is 33.3 Å². The molecular weight excluding hydrogens is 346 g/mol. The van der Waals surface area contributed by atoms with Crippen molar-refractivity contribution in [3.63, 3.8) is 0 Å². The van der Waals surface area contributed by atoms with E-state index in [1.165, 1.54) is 6.33 Å². The zero-order valence-electron chi connectivity index (χ0n) is 15.5. The Morgan fingerprint density at radius 2 is 2.11 bits per heavy atom. The Balaban J connectivity index is 1.58. The average molecular weight is 369 g/mol. The summed E-state index contributed by atoms with van der Waals surface area (Å²) in [4.78, 5) is 29.1. The summed E-state index contributed by atoms with van der Waals surface area (Å²) < 4.78 is 8.46. The monoisotopic (exact) mass is 369 g/mol. The molecule has 1 amide bonds. The van der Waals surface area contributed by atoms with Gasteiger partial charge in [-0.3, -0.25) is 18.8 Å². The molecule has 142 valence electrons. The van der Waals surface area contributed by atoms with Crippen molar-refractivity contribution < 1.29 is 9.53 Å². The molecule has 0 bridgehead atoms. The number of methoxy groups -OCH3 is 1. The third kappa shape index (κ3) is 4.40. The summed E-state index contributed by atoms with van der Waals surface area (Å²) in [5.74, 6) is -0.0972. The van der Waals surface area contributed by atoms with E-state index in [2.05, 4.69) is 15.4 Å². The third-order valence-electron chi connectivity index (χ3n) is 4.42. The van der Waals surface area contributed by atoms with Crippen LogP contribution >= 0.6 is 0 Å². The summed E-state index contributed by atoms with van der Waals surface area (Å²) in [6, 6.07) is 8.82. The number of nitrogens with zero attached hydrogens (tertiary/aromatic N) is 4. The number of para-hydroxylation sites is 1. The molecule has 0 saturated heterocycles. The van der Waals surface area contributed by atoms with Crippen LogP contribution in [-0.4, -0.2) is 39.0 Å². The molecule has 0 radical (unpaired) electrons. The highest BCUT2D eigenvalue weighted by Crippen LogP contribution is 2.12. The number of aryl methyl sites for hydroxylation is 2. The predicted octanol–water partition coefficient (Wildman–Crippen LogP) is 1.41. The number of hydrogen-bond acceptors (Lipinski definition) is 5. The molecule has 27 heavy (non-hydrogen) atoms. The van der Waals surface area contributed by atoms with Crippen LogP contribution in [0.5, 0.6) is 0 Å². The Bertz CT molecular complexity index is 979. The van der Waals surface area contributed by atoms with Crippen LogP contribution in [0.15, 0.2) is 47.7 Å². The molecule has 1 aromatic carbocycles. The van der Waals surface area contributed by atoms with Gasteiger partial charge in [0.25, 0.3) is 5.56 Å². The molecule has 8 heteroatoms. The molecule has 0 saturated carbocycles. The van der Waals surface area contributed by atoms with E-state index in [1.54, 1.807) is 28.6 Å². The van der Waals surface area contributed by atoms with Crippen molar-refractivity contribution in [3.8, 4) is 0 Å². The minimum Gasteiger partial charge on any atom is -0.382 e. The Morgan fingerprint density at radius 1 is 1.30 bits per heavy atom. The number of carbonyl (C=O) groups excluding carboxylic acids is 1. The van der Waals surface area contributed by atoms with E-state index in [-0.39, 0.29) is 17.5 Å². The number of fused-ring (bicyclic) bond motifs is 1. The van der Waals surface area contributed by atoms with Crippen molar-refractivity contribution in [2.24, 2.45) is 7.05 Å². The molecule has 0 unspecified atom stereocenters. The molecule has 2 heterocycles. The second-order valence-corrected chi connectivity index (χ2v) is 6.32. The molecule has 2 aromatic heterocycles. The number of aromatic nitrogens is 4. The van der Waals surface area contributed by atoms with Gasteiger partial charge < -0.3 is 10.1 Å². The highest BCUT2D eigenvalue weighted by atomic mass is 16.5. The zero-order valence-corrected chi connectivity index (χ0v) is 15.5. The number of carbonyl (C=O) groups is 1. The summed E-state index contributed by atoms with van der Waals surface area (Å²) in [6.07, 6.45) is 4.06. The largest absolute Gasteiger partial charge is 0.382 e. The highest BCUT2D eigenvalue weighted by Gasteiger charge is 2.17. The van der Waals surface area contributed by atoms with Crippen LogP contribution in [0, 0.1) is 0 Å². The molecule has 0 spiro atoms. The molecule has 0 aliphatic rings. The van der Waals surface area contributed by atoms with Crippen molar-refractivity contribution in [1.29, 1.82) is 0 Å². The molecule has 1 N–H and O–H groups in total. The maximum absolute atomic E-state index is 12.5. The first kappa shape index (κ1) is 18.8. The lowest BCUT2D eigenvalue weighted by atomic mass is 10.2. The molecular formula is C19H23N5O3. The molecule has 0 fully saturated rings. The number of rotatable bonds is 8. The van der Waals surface area contributed by atoms with E-state index >= 15 is 0 Å². The van der Waals surface area contributed by atoms with Gasteiger partial charge in [0.1, 0.15) is 0 Å². The first-order valence-corrected chi connectivity index (χ1v) is 8.80. The number of amides is 1. The van der Waals surface area contributed by atoms with Crippen LogP contribution < -0.4 is 10.9 Å². The summed E-state index contributed by atoms with van der Waals surface area (Å²) in [5, 5.41) is 7.68. The van der Waals surface area contributed by atoms with Gasteiger partial charge in [-0.05, 0) is 24.6 Å². The smallest absolute Gasteiger partial charge is 0.261 e. The zero-order chi connectivity index (χ0) is 19.2. The number of ether oxygens (including phenoxy) is 1. The van der Waals surface area contributed by atoms with Crippen LogP contribution in [-0.2, 0) is 23.1 Å². The van der Waals surface area contributed by atoms with E-state index in [9.17, 15) is 9.59 Å². The molecule has 8 nitrogen and oxygen atoms in total. The van der Waals surface area contributed by atoms with Gasteiger partial charge in [-0.2, -0.15) is 5.10 Å². The predicted molar refractivity (Wildman–Crippen MR) is 101 cm³/mol. The summed E-state index contributed by atoms with van der Waals surface area (Å²) in [7, 11) is 3.41. The van der Waals surface area contributed by atoms with Gasteiger partial charge in [-0.1, -0.05) is 12.1 Å². The van der Waals surface area contributed by atoms with Gasteiger partial charge in [0.05, 0.1) is 35.6 Å². The molecule has 3 aromatic rings. The fourth-order valence-corrected chi connectivity index (χ4v) is 3.04. The van der Waals surface area contributed by atoms with Crippen molar-refractivity contribution in [3.05, 3.63) is 58.9 Å². The average Bonchev–Trinajstić information content (AvgIpc) is 3.09. The first-order valence-electron chi connectivity index (χ1n) is 8.80. The van der Waals surface area contributed by atoms with E-state index in [0.717, 1.165) is 5.69 Å². The third-order valence-corrected chi connectivity index (χ3v) is 4.42. The van der Waals surface area contributed by atoms with Gasteiger partial charge in [0.15, 0.2) is 0 Å². The van der Waals surface area contributed by atoms with Gasteiger partial charge in [-0.15, -0.1) is 0 Å². The molecule has 0 aliphatic heterocycles. The second kappa shape index (κ2) is 8.59. The van der Waals surface area contributed by atoms with Crippen LogP contribution in [0.1, 0.15) is 24.6 Å². The van der Waals surface area contributed by atoms with E-state index < -0.39 is 0 Å². The number of nitrogens with one attached hydrogen (secondary N) is 1. The summed E-state index contributed by atoms with van der Waals surface area (Å²) >= 11 is 0.